The number of allylic oxidation sites excluding steroid dienone is 1. The van der Waals surface area contributed by atoms with Crippen molar-refractivity contribution >= 4 is 0 Å². The summed E-state index contributed by atoms with van der Waals surface area (Å²) in [6.07, 6.45) is 4.46. The second-order valence-electron chi connectivity index (χ2n) is 4.86. The molecule has 1 aromatic rings. The molecule has 1 rings (SSSR count). The third kappa shape index (κ3) is 5.37. The van der Waals surface area contributed by atoms with Crippen LogP contribution in [0.3, 0.4) is 0 Å². The molecule has 0 saturated carbocycles. The first-order valence-corrected chi connectivity index (χ1v) is 6.67. The minimum Gasteiger partial charge on any atom is -0.497 e. The zero-order valence-corrected chi connectivity index (χ0v) is 12.0. The molecular weight excluding hydrogens is 222 g/mol. The van der Waals surface area contributed by atoms with Crippen molar-refractivity contribution in [3.63, 3.8) is 0 Å². The number of methoxy groups -OCH3 is 1. The first-order chi connectivity index (χ1) is 8.65. The molecule has 100 valence electrons. The molecule has 0 aliphatic rings. The van der Waals surface area contributed by atoms with Crippen LogP contribution in [0.15, 0.2) is 35.9 Å². The van der Waals surface area contributed by atoms with Gasteiger partial charge >= 0.3 is 0 Å². The normalized spacial score (nSPS) is 12.0. The standard InChI is InChI=1S/C16H25NO/c1-5-9-17-15(10-13(2)3)11-14-7-6-8-16(12-14)18-4/h6-8,10,12,15,17H,5,9,11H2,1-4H3. The molecule has 0 amide bonds. The summed E-state index contributed by atoms with van der Waals surface area (Å²) in [5.74, 6) is 0.930. The highest BCUT2D eigenvalue weighted by Gasteiger charge is 2.06. The van der Waals surface area contributed by atoms with Gasteiger partial charge in [0.25, 0.3) is 0 Å². The van der Waals surface area contributed by atoms with Crippen molar-refractivity contribution in [3.8, 4) is 5.75 Å². The Hall–Kier alpha value is -1.28. The lowest BCUT2D eigenvalue weighted by Gasteiger charge is -2.16. The van der Waals surface area contributed by atoms with E-state index in [4.69, 9.17) is 4.74 Å². The predicted molar refractivity (Wildman–Crippen MR) is 78.2 cm³/mol. The quantitative estimate of drug-likeness (QED) is 0.744. The Morgan fingerprint density at radius 2 is 2.17 bits per heavy atom. The van der Waals surface area contributed by atoms with Gasteiger partial charge in [-0.15, -0.1) is 0 Å². The Kier molecular flexibility index (Phi) is 6.51. The fourth-order valence-electron chi connectivity index (χ4n) is 1.98. The van der Waals surface area contributed by atoms with Gasteiger partial charge in [0.15, 0.2) is 0 Å². The van der Waals surface area contributed by atoms with Gasteiger partial charge in [-0.05, 0) is 50.9 Å². The number of rotatable bonds is 7. The summed E-state index contributed by atoms with van der Waals surface area (Å²) in [6.45, 7) is 7.54. The molecule has 0 aliphatic carbocycles. The molecule has 0 aliphatic heterocycles. The predicted octanol–water partition coefficient (Wildman–Crippen LogP) is 3.57. The molecule has 2 nitrogen and oxygen atoms in total. The second kappa shape index (κ2) is 7.93. The largest absolute Gasteiger partial charge is 0.497 e. The van der Waals surface area contributed by atoms with E-state index in [1.54, 1.807) is 7.11 Å². The van der Waals surface area contributed by atoms with Crippen LogP contribution in [0, 0.1) is 0 Å². The van der Waals surface area contributed by atoms with E-state index in [-0.39, 0.29) is 0 Å². The molecule has 1 unspecified atom stereocenters. The Labute approximate surface area is 111 Å². The first-order valence-electron chi connectivity index (χ1n) is 6.67. The summed E-state index contributed by atoms with van der Waals surface area (Å²) >= 11 is 0. The van der Waals surface area contributed by atoms with Crippen LogP contribution in [-0.2, 0) is 6.42 Å². The molecule has 0 saturated heterocycles. The maximum absolute atomic E-state index is 5.26. The lowest BCUT2D eigenvalue weighted by molar-refractivity contribution is 0.414. The van der Waals surface area contributed by atoms with Gasteiger partial charge in [0, 0.05) is 6.04 Å². The van der Waals surface area contributed by atoms with E-state index in [9.17, 15) is 0 Å². The van der Waals surface area contributed by atoms with Gasteiger partial charge < -0.3 is 10.1 Å². The molecule has 0 heterocycles. The van der Waals surface area contributed by atoms with Crippen molar-refractivity contribution in [1.82, 2.24) is 5.32 Å². The number of ether oxygens (including phenoxy) is 1. The molecule has 2 heteroatoms. The fraction of sp³-hybridized carbons (Fsp3) is 0.500. The van der Waals surface area contributed by atoms with Crippen LogP contribution in [0.4, 0.5) is 0 Å². The van der Waals surface area contributed by atoms with Crippen LogP contribution in [0.25, 0.3) is 0 Å². The molecule has 0 spiro atoms. The SMILES string of the molecule is CCCNC(C=C(C)C)Cc1cccc(OC)c1. The van der Waals surface area contributed by atoms with Crippen LogP contribution < -0.4 is 10.1 Å². The van der Waals surface area contributed by atoms with Gasteiger partial charge in [-0.3, -0.25) is 0 Å². The van der Waals surface area contributed by atoms with Gasteiger partial charge in [-0.25, -0.2) is 0 Å². The summed E-state index contributed by atoms with van der Waals surface area (Å²) < 4.78 is 5.26. The minimum absolute atomic E-state index is 0.405. The van der Waals surface area contributed by atoms with Crippen LogP contribution in [0.1, 0.15) is 32.8 Å². The van der Waals surface area contributed by atoms with Crippen molar-refractivity contribution in [2.45, 2.75) is 39.7 Å². The molecule has 1 aromatic carbocycles. The Morgan fingerprint density at radius 1 is 1.39 bits per heavy atom. The smallest absolute Gasteiger partial charge is 0.119 e. The molecule has 18 heavy (non-hydrogen) atoms. The fourth-order valence-corrected chi connectivity index (χ4v) is 1.98. The molecule has 0 aromatic heterocycles. The van der Waals surface area contributed by atoms with Crippen molar-refractivity contribution in [2.75, 3.05) is 13.7 Å². The van der Waals surface area contributed by atoms with Crippen LogP contribution in [0.2, 0.25) is 0 Å². The lowest BCUT2D eigenvalue weighted by atomic mass is 10.0. The van der Waals surface area contributed by atoms with E-state index in [0.29, 0.717) is 6.04 Å². The van der Waals surface area contributed by atoms with E-state index >= 15 is 0 Å². The maximum atomic E-state index is 5.26. The number of benzene rings is 1. The zero-order valence-electron chi connectivity index (χ0n) is 12.0. The number of hydrogen-bond donors (Lipinski definition) is 1. The molecule has 0 fully saturated rings. The van der Waals surface area contributed by atoms with Crippen molar-refractivity contribution in [1.29, 1.82) is 0 Å². The third-order valence-corrected chi connectivity index (χ3v) is 2.78. The lowest BCUT2D eigenvalue weighted by Crippen LogP contribution is -2.30. The Balaban J connectivity index is 2.71. The van der Waals surface area contributed by atoms with Gasteiger partial charge in [0.05, 0.1) is 7.11 Å². The Bertz CT molecular complexity index is 380. The number of nitrogens with one attached hydrogen (secondary N) is 1. The van der Waals surface area contributed by atoms with Crippen molar-refractivity contribution in [2.24, 2.45) is 0 Å². The molecule has 0 bridgehead atoms. The Morgan fingerprint density at radius 3 is 2.78 bits per heavy atom. The summed E-state index contributed by atoms with van der Waals surface area (Å²) in [5, 5.41) is 3.57. The molecule has 1 atom stereocenters. The molecular formula is C16H25NO. The van der Waals surface area contributed by atoms with E-state index in [1.807, 2.05) is 12.1 Å². The van der Waals surface area contributed by atoms with E-state index in [2.05, 4.69) is 44.3 Å². The average molecular weight is 247 g/mol. The molecule has 1 N–H and O–H groups in total. The summed E-state index contributed by atoms with van der Waals surface area (Å²) in [6, 6.07) is 8.70. The van der Waals surface area contributed by atoms with Gasteiger partial charge in [-0.2, -0.15) is 0 Å². The second-order valence-corrected chi connectivity index (χ2v) is 4.86. The van der Waals surface area contributed by atoms with Gasteiger partial charge in [0.1, 0.15) is 5.75 Å². The van der Waals surface area contributed by atoms with Gasteiger partial charge in [0.2, 0.25) is 0 Å². The highest BCUT2D eigenvalue weighted by Crippen LogP contribution is 2.14. The van der Waals surface area contributed by atoms with Crippen molar-refractivity contribution < 1.29 is 4.74 Å². The summed E-state index contributed by atoms with van der Waals surface area (Å²) in [5.41, 5.74) is 2.66. The van der Waals surface area contributed by atoms with E-state index < -0.39 is 0 Å². The first kappa shape index (κ1) is 14.8. The average Bonchev–Trinajstić information content (AvgIpc) is 2.35. The van der Waals surface area contributed by atoms with Crippen LogP contribution in [0.5, 0.6) is 5.75 Å². The highest BCUT2D eigenvalue weighted by atomic mass is 16.5. The van der Waals surface area contributed by atoms with Crippen molar-refractivity contribution in [3.05, 3.63) is 41.5 Å². The number of hydrogen-bond acceptors (Lipinski definition) is 2. The van der Waals surface area contributed by atoms with Crippen LogP contribution >= 0.6 is 0 Å². The van der Waals surface area contributed by atoms with E-state index in [0.717, 1.165) is 25.1 Å². The zero-order chi connectivity index (χ0) is 13.4. The highest BCUT2D eigenvalue weighted by molar-refractivity contribution is 5.29. The molecule has 0 radical (unpaired) electrons. The van der Waals surface area contributed by atoms with Crippen LogP contribution in [-0.4, -0.2) is 19.7 Å². The summed E-state index contributed by atoms with van der Waals surface area (Å²) in [4.78, 5) is 0. The monoisotopic (exact) mass is 247 g/mol. The minimum atomic E-state index is 0.405. The summed E-state index contributed by atoms with van der Waals surface area (Å²) in [7, 11) is 1.71. The van der Waals surface area contributed by atoms with E-state index in [1.165, 1.54) is 11.1 Å². The van der Waals surface area contributed by atoms with Gasteiger partial charge in [-0.1, -0.05) is 30.7 Å². The topological polar surface area (TPSA) is 21.3 Å². The maximum Gasteiger partial charge on any atom is 0.119 e. The third-order valence-electron chi connectivity index (χ3n) is 2.78.